The molecule has 0 bridgehead atoms. The van der Waals surface area contributed by atoms with Gasteiger partial charge in [-0.1, -0.05) is 6.07 Å². The fourth-order valence-electron chi connectivity index (χ4n) is 2.45. The Morgan fingerprint density at radius 2 is 1.64 bits per heavy atom. The fourth-order valence-corrected chi connectivity index (χ4v) is 3.08. The molecule has 1 aromatic heterocycles. The Kier molecular flexibility index (Phi) is 4.55. The third-order valence-electron chi connectivity index (χ3n) is 3.60. The zero-order valence-electron chi connectivity index (χ0n) is 13.7. The molecule has 3 rings (SSSR count). The van der Waals surface area contributed by atoms with Crippen molar-refractivity contribution in [1.82, 2.24) is 4.98 Å². The molecule has 128 valence electrons. The third-order valence-corrected chi connectivity index (χ3v) is 4.73. The first kappa shape index (κ1) is 17.1. The van der Waals surface area contributed by atoms with Gasteiger partial charge in [0.2, 0.25) is 5.95 Å². The molecule has 0 amide bonds. The zero-order valence-corrected chi connectivity index (χ0v) is 14.5. The second-order valence-electron chi connectivity index (χ2n) is 5.75. The van der Waals surface area contributed by atoms with E-state index in [0.29, 0.717) is 17.1 Å². The first-order chi connectivity index (χ1) is 11.8. The summed E-state index contributed by atoms with van der Waals surface area (Å²) in [5, 5.41) is 0. The molecule has 0 aliphatic rings. The van der Waals surface area contributed by atoms with Crippen LogP contribution in [0.25, 0.3) is 11.1 Å². The minimum atomic E-state index is -3.24. The zero-order chi connectivity index (χ0) is 18.0. The van der Waals surface area contributed by atoms with Crippen LogP contribution in [0.4, 0.5) is 4.39 Å². The van der Waals surface area contributed by atoms with Crippen LogP contribution in [0, 0.1) is 12.9 Å². The number of halogens is 1. The van der Waals surface area contributed by atoms with E-state index in [1.807, 2.05) is 19.1 Å². The van der Waals surface area contributed by atoms with Gasteiger partial charge in [-0.25, -0.2) is 13.4 Å². The van der Waals surface area contributed by atoms with E-state index in [2.05, 4.69) is 4.98 Å². The van der Waals surface area contributed by atoms with Crippen molar-refractivity contribution in [2.75, 3.05) is 6.26 Å². The topological polar surface area (TPSA) is 56.3 Å². The minimum Gasteiger partial charge on any atom is -0.457 e. The molecule has 0 aliphatic carbocycles. The summed E-state index contributed by atoms with van der Waals surface area (Å²) in [6.07, 6.45) is 2.57. The van der Waals surface area contributed by atoms with Crippen molar-refractivity contribution >= 4 is 9.84 Å². The average Bonchev–Trinajstić information content (AvgIpc) is 2.54. The molecule has 0 unspecified atom stereocenters. The standard InChI is InChI=1S/C19H16FNO3S/c1-13-9-15(14-7-8-21-19(20)12-14)11-17(10-13)24-16-3-5-18(6-4-16)25(2,22)23/h3-12H,1-2H3. The second kappa shape index (κ2) is 6.64. The Morgan fingerprint density at radius 3 is 2.28 bits per heavy atom. The smallest absolute Gasteiger partial charge is 0.213 e. The number of aryl methyl sites for hydroxylation is 1. The third kappa shape index (κ3) is 4.22. The number of benzene rings is 2. The predicted molar refractivity (Wildman–Crippen MR) is 94.0 cm³/mol. The van der Waals surface area contributed by atoms with Gasteiger partial charge >= 0.3 is 0 Å². The van der Waals surface area contributed by atoms with Gasteiger partial charge in [-0.05, 0) is 66.1 Å². The van der Waals surface area contributed by atoms with Gasteiger partial charge in [0.25, 0.3) is 0 Å². The summed E-state index contributed by atoms with van der Waals surface area (Å²) >= 11 is 0. The van der Waals surface area contributed by atoms with Crippen molar-refractivity contribution in [2.24, 2.45) is 0 Å². The van der Waals surface area contributed by atoms with E-state index >= 15 is 0 Å². The van der Waals surface area contributed by atoms with Crippen LogP contribution in [0.2, 0.25) is 0 Å². The normalized spacial score (nSPS) is 11.3. The van der Waals surface area contributed by atoms with Gasteiger partial charge in [-0.2, -0.15) is 4.39 Å². The van der Waals surface area contributed by atoms with Crippen LogP contribution in [0.5, 0.6) is 11.5 Å². The summed E-state index contributed by atoms with van der Waals surface area (Å²) in [6.45, 7) is 1.92. The predicted octanol–water partition coefficient (Wildman–Crippen LogP) is 4.39. The van der Waals surface area contributed by atoms with Crippen LogP contribution in [0.3, 0.4) is 0 Å². The number of rotatable bonds is 4. The highest BCUT2D eigenvalue weighted by molar-refractivity contribution is 7.90. The molecule has 0 saturated heterocycles. The van der Waals surface area contributed by atoms with Crippen molar-refractivity contribution in [1.29, 1.82) is 0 Å². The molecule has 0 radical (unpaired) electrons. The summed E-state index contributed by atoms with van der Waals surface area (Å²) < 4.78 is 42.2. The van der Waals surface area contributed by atoms with Crippen LogP contribution in [0.1, 0.15) is 5.56 Å². The number of pyridine rings is 1. The van der Waals surface area contributed by atoms with Crippen LogP contribution in [-0.2, 0) is 9.84 Å². The summed E-state index contributed by atoms with van der Waals surface area (Å²) in [5.41, 5.74) is 2.47. The van der Waals surface area contributed by atoms with Gasteiger partial charge in [0.1, 0.15) is 11.5 Å². The van der Waals surface area contributed by atoms with Crippen molar-refractivity contribution in [3.8, 4) is 22.6 Å². The highest BCUT2D eigenvalue weighted by Crippen LogP contribution is 2.29. The lowest BCUT2D eigenvalue weighted by molar-refractivity contribution is 0.482. The Balaban J connectivity index is 1.91. The van der Waals surface area contributed by atoms with Gasteiger partial charge in [0, 0.05) is 18.5 Å². The average molecular weight is 357 g/mol. The van der Waals surface area contributed by atoms with E-state index in [0.717, 1.165) is 17.4 Å². The SMILES string of the molecule is Cc1cc(Oc2ccc(S(C)(=O)=O)cc2)cc(-c2ccnc(F)c2)c1. The highest BCUT2D eigenvalue weighted by atomic mass is 32.2. The number of aromatic nitrogens is 1. The Morgan fingerprint density at radius 1 is 0.920 bits per heavy atom. The molecule has 0 saturated carbocycles. The largest absolute Gasteiger partial charge is 0.457 e. The van der Waals surface area contributed by atoms with E-state index < -0.39 is 15.8 Å². The summed E-state index contributed by atoms with van der Waals surface area (Å²) in [7, 11) is -3.24. The number of hydrogen-bond acceptors (Lipinski definition) is 4. The van der Waals surface area contributed by atoms with Gasteiger partial charge in [-0.3, -0.25) is 0 Å². The molecular formula is C19H16FNO3S. The maximum Gasteiger partial charge on any atom is 0.213 e. The molecule has 6 heteroatoms. The molecule has 0 spiro atoms. The summed E-state index contributed by atoms with van der Waals surface area (Å²) in [4.78, 5) is 3.79. The molecule has 0 aliphatic heterocycles. The van der Waals surface area contributed by atoms with Crippen LogP contribution in [-0.4, -0.2) is 19.7 Å². The van der Waals surface area contributed by atoms with Crippen LogP contribution >= 0.6 is 0 Å². The first-order valence-corrected chi connectivity index (χ1v) is 9.42. The lowest BCUT2D eigenvalue weighted by Crippen LogP contribution is -1.96. The molecule has 3 aromatic rings. The highest BCUT2D eigenvalue weighted by Gasteiger charge is 2.08. The monoisotopic (exact) mass is 357 g/mol. The Hall–Kier alpha value is -2.73. The molecule has 4 nitrogen and oxygen atoms in total. The quantitative estimate of drug-likeness (QED) is 0.650. The fraction of sp³-hybridized carbons (Fsp3) is 0.105. The van der Waals surface area contributed by atoms with Crippen molar-refractivity contribution in [3.63, 3.8) is 0 Å². The lowest BCUT2D eigenvalue weighted by Gasteiger charge is -2.10. The van der Waals surface area contributed by atoms with E-state index in [-0.39, 0.29) is 4.90 Å². The number of ether oxygens (including phenoxy) is 1. The molecule has 2 aromatic carbocycles. The van der Waals surface area contributed by atoms with Gasteiger partial charge < -0.3 is 4.74 Å². The first-order valence-electron chi connectivity index (χ1n) is 7.53. The van der Waals surface area contributed by atoms with Crippen molar-refractivity contribution in [2.45, 2.75) is 11.8 Å². The van der Waals surface area contributed by atoms with Crippen LogP contribution in [0.15, 0.2) is 65.7 Å². The molecule has 0 N–H and O–H groups in total. The van der Waals surface area contributed by atoms with E-state index in [1.165, 1.54) is 24.4 Å². The minimum absolute atomic E-state index is 0.233. The van der Waals surface area contributed by atoms with Gasteiger partial charge in [0.05, 0.1) is 4.90 Å². The molecule has 0 fully saturated rings. The lowest BCUT2D eigenvalue weighted by atomic mass is 10.0. The van der Waals surface area contributed by atoms with Gasteiger partial charge in [-0.15, -0.1) is 0 Å². The maximum atomic E-state index is 13.3. The molecular weight excluding hydrogens is 341 g/mol. The number of hydrogen-bond donors (Lipinski definition) is 0. The number of sulfone groups is 1. The van der Waals surface area contributed by atoms with Crippen molar-refractivity contribution in [3.05, 3.63) is 72.3 Å². The van der Waals surface area contributed by atoms with E-state index in [1.54, 1.807) is 24.3 Å². The van der Waals surface area contributed by atoms with E-state index in [4.69, 9.17) is 4.74 Å². The Bertz CT molecular complexity index is 1020. The maximum absolute atomic E-state index is 13.3. The molecule has 0 atom stereocenters. The van der Waals surface area contributed by atoms with Gasteiger partial charge in [0.15, 0.2) is 9.84 Å². The summed E-state index contributed by atoms with van der Waals surface area (Å²) in [6, 6.07) is 14.9. The molecule has 25 heavy (non-hydrogen) atoms. The number of nitrogens with zero attached hydrogens (tertiary/aromatic N) is 1. The molecule has 1 heterocycles. The van der Waals surface area contributed by atoms with Crippen LogP contribution < -0.4 is 4.74 Å². The second-order valence-corrected chi connectivity index (χ2v) is 7.76. The van der Waals surface area contributed by atoms with Crippen molar-refractivity contribution < 1.29 is 17.5 Å². The van der Waals surface area contributed by atoms with E-state index in [9.17, 15) is 12.8 Å². The summed E-state index contributed by atoms with van der Waals surface area (Å²) in [5.74, 6) is 0.557. The Labute approximate surface area is 145 Å².